The minimum atomic E-state index is -0.277. The van der Waals surface area contributed by atoms with Crippen molar-refractivity contribution in [1.82, 2.24) is 0 Å². The number of benzene rings is 3. The van der Waals surface area contributed by atoms with E-state index in [2.05, 4.69) is 13.8 Å². The highest BCUT2D eigenvalue weighted by Crippen LogP contribution is 2.33. The fourth-order valence-electron chi connectivity index (χ4n) is 3.14. The molecule has 0 unspecified atom stereocenters. The first-order valence-electron chi connectivity index (χ1n) is 9.65. The number of ether oxygens (including phenoxy) is 2. The summed E-state index contributed by atoms with van der Waals surface area (Å²) in [5, 5.41) is 3.59. The van der Waals surface area contributed by atoms with Crippen molar-refractivity contribution in [3.8, 4) is 11.5 Å². The van der Waals surface area contributed by atoms with Crippen LogP contribution in [0.25, 0.3) is 21.5 Å². The molecular weight excluding hydrogens is 327 g/mol. The van der Waals surface area contributed by atoms with Crippen LogP contribution in [0.1, 0.15) is 46.0 Å². The molecule has 0 radical (unpaired) electrons. The zero-order valence-electron chi connectivity index (χ0n) is 15.7. The molecule has 0 saturated heterocycles. The van der Waals surface area contributed by atoms with Crippen LogP contribution in [0.5, 0.6) is 11.5 Å². The Morgan fingerprint density at radius 2 is 1.46 bits per heavy atom. The molecule has 0 fully saturated rings. The Labute approximate surface area is 154 Å². The molecule has 0 aliphatic carbocycles. The van der Waals surface area contributed by atoms with Crippen LogP contribution >= 0.6 is 0 Å². The van der Waals surface area contributed by atoms with E-state index in [0.29, 0.717) is 17.7 Å². The molecule has 0 heterocycles. The highest BCUT2D eigenvalue weighted by molar-refractivity contribution is 6.08. The van der Waals surface area contributed by atoms with Crippen LogP contribution in [-0.4, -0.2) is 13.2 Å². The first-order chi connectivity index (χ1) is 12.7. The second kappa shape index (κ2) is 8.88. The van der Waals surface area contributed by atoms with Crippen molar-refractivity contribution in [2.24, 2.45) is 0 Å². The van der Waals surface area contributed by atoms with Crippen molar-refractivity contribution in [3.63, 3.8) is 0 Å². The smallest absolute Gasteiger partial charge is 0.172 e. The van der Waals surface area contributed by atoms with E-state index in [9.17, 15) is 4.39 Å². The van der Waals surface area contributed by atoms with Crippen molar-refractivity contribution in [3.05, 3.63) is 48.3 Å². The minimum absolute atomic E-state index is 0.277. The molecule has 0 bridgehead atoms. The second-order valence-corrected chi connectivity index (χ2v) is 6.68. The lowest BCUT2D eigenvalue weighted by Gasteiger charge is -2.11. The molecule has 138 valence electrons. The van der Waals surface area contributed by atoms with Crippen LogP contribution < -0.4 is 9.47 Å². The summed E-state index contributed by atoms with van der Waals surface area (Å²) < 4.78 is 26.2. The maximum atomic E-state index is 14.8. The first-order valence-corrected chi connectivity index (χ1v) is 9.65. The SMILES string of the molecule is CCCCCOc1ccc2c(ccc3c(F)c(OCCCC)ccc32)c1. The molecule has 3 aromatic carbocycles. The largest absolute Gasteiger partial charge is 0.494 e. The zero-order chi connectivity index (χ0) is 18.4. The molecule has 0 aliphatic rings. The van der Waals surface area contributed by atoms with Gasteiger partial charge >= 0.3 is 0 Å². The van der Waals surface area contributed by atoms with Crippen molar-refractivity contribution in [1.29, 1.82) is 0 Å². The summed E-state index contributed by atoms with van der Waals surface area (Å²) in [7, 11) is 0. The quantitative estimate of drug-likeness (QED) is 0.308. The van der Waals surface area contributed by atoms with Crippen LogP contribution in [0.2, 0.25) is 0 Å². The lowest BCUT2D eigenvalue weighted by molar-refractivity contribution is 0.295. The van der Waals surface area contributed by atoms with E-state index in [0.717, 1.165) is 47.8 Å². The van der Waals surface area contributed by atoms with Crippen molar-refractivity contribution in [2.75, 3.05) is 13.2 Å². The van der Waals surface area contributed by atoms with E-state index in [1.807, 2.05) is 36.4 Å². The van der Waals surface area contributed by atoms with E-state index >= 15 is 0 Å². The van der Waals surface area contributed by atoms with Gasteiger partial charge in [0, 0.05) is 5.39 Å². The maximum Gasteiger partial charge on any atom is 0.172 e. The van der Waals surface area contributed by atoms with Gasteiger partial charge in [-0.15, -0.1) is 0 Å². The van der Waals surface area contributed by atoms with Gasteiger partial charge in [-0.25, -0.2) is 4.39 Å². The van der Waals surface area contributed by atoms with E-state index in [1.54, 1.807) is 6.07 Å². The Hall–Kier alpha value is -2.29. The Kier molecular flexibility index (Phi) is 6.32. The number of fused-ring (bicyclic) bond motifs is 3. The second-order valence-electron chi connectivity index (χ2n) is 6.68. The molecule has 3 aromatic rings. The van der Waals surface area contributed by atoms with Crippen LogP contribution in [0.15, 0.2) is 42.5 Å². The normalized spacial score (nSPS) is 11.2. The van der Waals surface area contributed by atoms with E-state index < -0.39 is 0 Å². The lowest BCUT2D eigenvalue weighted by atomic mass is 10.0. The molecule has 3 rings (SSSR count). The Morgan fingerprint density at radius 1 is 0.731 bits per heavy atom. The van der Waals surface area contributed by atoms with Gasteiger partial charge in [0.2, 0.25) is 0 Å². The topological polar surface area (TPSA) is 18.5 Å². The summed E-state index contributed by atoms with van der Waals surface area (Å²) >= 11 is 0. The van der Waals surface area contributed by atoms with Gasteiger partial charge in [-0.2, -0.15) is 0 Å². The molecule has 2 nitrogen and oxygen atoms in total. The summed E-state index contributed by atoms with van der Waals surface area (Å²) in [6, 6.07) is 13.5. The van der Waals surface area contributed by atoms with Gasteiger partial charge in [0.05, 0.1) is 13.2 Å². The van der Waals surface area contributed by atoms with Gasteiger partial charge < -0.3 is 9.47 Å². The van der Waals surface area contributed by atoms with Crippen LogP contribution in [0, 0.1) is 5.82 Å². The molecule has 0 atom stereocenters. The predicted molar refractivity (Wildman–Crippen MR) is 107 cm³/mol. The van der Waals surface area contributed by atoms with Crippen molar-refractivity contribution in [2.45, 2.75) is 46.0 Å². The number of rotatable bonds is 9. The predicted octanol–water partition coefficient (Wildman–Crippen LogP) is 6.88. The van der Waals surface area contributed by atoms with Gasteiger partial charge in [0.1, 0.15) is 5.75 Å². The number of hydrogen-bond donors (Lipinski definition) is 0. The number of halogens is 1. The Bertz CT molecular complexity index is 873. The van der Waals surface area contributed by atoms with Crippen molar-refractivity contribution < 1.29 is 13.9 Å². The molecule has 0 saturated carbocycles. The van der Waals surface area contributed by atoms with Gasteiger partial charge in [-0.3, -0.25) is 0 Å². The van der Waals surface area contributed by atoms with E-state index in [4.69, 9.17) is 9.47 Å². The third kappa shape index (κ3) is 4.09. The molecule has 3 heteroatoms. The third-order valence-electron chi connectivity index (χ3n) is 4.66. The van der Waals surface area contributed by atoms with Gasteiger partial charge in [-0.05, 0) is 53.3 Å². The van der Waals surface area contributed by atoms with E-state index in [1.165, 1.54) is 12.8 Å². The van der Waals surface area contributed by atoms with E-state index in [-0.39, 0.29) is 5.82 Å². The fourth-order valence-corrected chi connectivity index (χ4v) is 3.14. The van der Waals surface area contributed by atoms with Gasteiger partial charge in [0.25, 0.3) is 0 Å². The average Bonchev–Trinajstić information content (AvgIpc) is 2.67. The first kappa shape index (κ1) is 18.5. The summed E-state index contributed by atoms with van der Waals surface area (Å²) in [4.78, 5) is 0. The molecule has 0 aromatic heterocycles. The Balaban J connectivity index is 1.87. The zero-order valence-corrected chi connectivity index (χ0v) is 15.7. The van der Waals surface area contributed by atoms with Crippen LogP contribution in [0.3, 0.4) is 0 Å². The highest BCUT2D eigenvalue weighted by Gasteiger charge is 2.11. The molecule has 0 aliphatic heterocycles. The number of hydrogen-bond acceptors (Lipinski definition) is 2. The van der Waals surface area contributed by atoms with Gasteiger partial charge in [-0.1, -0.05) is 51.3 Å². The highest BCUT2D eigenvalue weighted by atomic mass is 19.1. The van der Waals surface area contributed by atoms with Crippen LogP contribution in [0.4, 0.5) is 4.39 Å². The van der Waals surface area contributed by atoms with Crippen molar-refractivity contribution >= 4 is 21.5 Å². The Morgan fingerprint density at radius 3 is 2.27 bits per heavy atom. The molecule has 0 N–H and O–H groups in total. The molecular formula is C23H27FO2. The standard InChI is InChI=1S/C23H27FO2/c1-3-5-7-15-25-18-9-11-19-17(16-18)8-10-21-20(19)12-13-22(23(21)24)26-14-6-4-2/h8-13,16H,3-7,14-15H2,1-2H3. The van der Waals surface area contributed by atoms with Gasteiger partial charge in [0.15, 0.2) is 11.6 Å². The summed E-state index contributed by atoms with van der Waals surface area (Å²) in [5.41, 5.74) is 0. The third-order valence-corrected chi connectivity index (χ3v) is 4.66. The summed E-state index contributed by atoms with van der Waals surface area (Å²) in [6.45, 7) is 5.56. The fraction of sp³-hybridized carbons (Fsp3) is 0.391. The lowest BCUT2D eigenvalue weighted by Crippen LogP contribution is -1.99. The summed E-state index contributed by atoms with van der Waals surface area (Å²) in [5.74, 6) is 0.925. The molecule has 26 heavy (non-hydrogen) atoms. The summed E-state index contributed by atoms with van der Waals surface area (Å²) in [6.07, 6.45) is 5.39. The molecule has 0 amide bonds. The minimum Gasteiger partial charge on any atom is -0.494 e. The average molecular weight is 354 g/mol. The monoisotopic (exact) mass is 354 g/mol. The number of unbranched alkanes of at least 4 members (excludes halogenated alkanes) is 3. The van der Waals surface area contributed by atoms with Crippen LogP contribution in [-0.2, 0) is 0 Å². The molecule has 0 spiro atoms. The maximum absolute atomic E-state index is 14.8.